The first-order chi connectivity index (χ1) is 16.6. The van der Waals surface area contributed by atoms with Gasteiger partial charge < -0.3 is 14.6 Å². The number of aliphatic imine (C=N–C) groups is 2. The van der Waals surface area contributed by atoms with E-state index in [1.807, 2.05) is 0 Å². The van der Waals surface area contributed by atoms with E-state index in [1.54, 1.807) is 4.90 Å². The highest BCUT2D eigenvalue weighted by Gasteiger charge is 2.37. The Hall–Kier alpha value is -3.75. The number of hydrogen-bond acceptors (Lipinski definition) is 5. The molecule has 0 amide bonds. The molecular weight excluding hydrogens is 482 g/mol. The monoisotopic (exact) mass is 500 g/mol. The van der Waals surface area contributed by atoms with E-state index in [0.717, 1.165) is 16.8 Å². The van der Waals surface area contributed by atoms with Crippen LogP contribution in [0.3, 0.4) is 0 Å². The average Bonchev–Trinajstić information content (AvgIpc) is 3.45. The number of benzene rings is 1. The van der Waals surface area contributed by atoms with Gasteiger partial charge in [0.15, 0.2) is 17.5 Å². The van der Waals surface area contributed by atoms with E-state index in [1.165, 1.54) is 12.1 Å². The lowest BCUT2D eigenvalue weighted by molar-refractivity contribution is -0.138. The van der Waals surface area contributed by atoms with Crippen LogP contribution in [0.15, 0.2) is 40.4 Å². The SMILES string of the molecule is C=N/C(=N\c1c(C(F)(F)F)cnn1Cc1nnc(-c2ccc(C(F)(F)F)cc2)[nH]1)N1CCOCC1. The second kappa shape index (κ2) is 9.48. The summed E-state index contributed by atoms with van der Waals surface area (Å²) in [6, 6.07) is 4.21. The third-order valence-electron chi connectivity index (χ3n) is 5.08. The summed E-state index contributed by atoms with van der Waals surface area (Å²) >= 11 is 0. The number of morpholine rings is 1. The lowest BCUT2D eigenvalue weighted by atomic mass is 10.1. The van der Waals surface area contributed by atoms with E-state index < -0.39 is 29.3 Å². The Balaban J connectivity index is 1.63. The molecular formula is C20H18F6N8O. The van der Waals surface area contributed by atoms with Crippen LogP contribution in [-0.2, 0) is 23.6 Å². The number of nitrogens with one attached hydrogen (secondary N) is 1. The minimum Gasteiger partial charge on any atom is -0.378 e. The van der Waals surface area contributed by atoms with Crippen molar-refractivity contribution in [3.63, 3.8) is 0 Å². The van der Waals surface area contributed by atoms with Gasteiger partial charge in [-0.2, -0.15) is 36.4 Å². The predicted octanol–water partition coefficient (Wildman–Crippen LogP) is 3.77. The maximum absolute atomic E-state index is 13.6. The maximum Gasteiger partial charge on any atom is 0.421 e. The summed E-state index contributed by atoms with van der Waals surface area (Å²) < 4.78 is 85.4. The van der Waals surface area contributed by atoms with Crippen molar-refractivity contribution in [3.05, 3.63) is 47.4 Å². The van der Waals surface area contributed by atoms with E-state index in [0.29, 0.717) is 38.1 Å². The van der Waals surface area contributed by atoms with Crippen molar-refractivity contribution in [2.75, 3.05) is 26.3 Å². The van der Waals surface area contributed by atoms with Crippen molar-refractivity contribution in [1.82, 2.24) is 29.9 Å². The molecule has 35 heavy (non-hydrogen) atoms. The molecule has 0 atom stereocenters. The number of guanidine groups is 1. The topological polar surface area (TPSA) is 96.6 Å². The molecule has 1 aliphatic heterocycles. The molecule has 1 aromatic carbocycles. The molecule has 0 radical (unpaired) electrons. The summed E-state index contributed by atoms with van der Waals surface area (Å²) in [5.41, 5.74) is -1.59. The Morgan fingerprint density at radius 2 is 1.71 bits per heavy atom. The maximum atomic E-state index is 13.6. The fourth-order valence-electron chi connectivity index (χ4n) is 3.33. The smallest absolute Gasteiger partial charge is 0.378 e. The van der Waals surface area contributed by atoms with E-state index >= 15 is 0 Å². The third-order valence-corrected chi connectivity index (χ3v) is 5.08. The molecule has 0 aliphatic carbocycles. The molecule has 0 bridgehead atoms. The van der Waals surface area contributed by atoms with Crippen LogP contribution in [0.5, 0.6) is 0 Å². The number of nitrogens with zero attached hydrogens (tertiary/aromatic N) is 7. The van der Waals surface area contributed by atoms with Crippen LogP contribution in [0.1, 0.15) is 17.0 Å². The van der Waals surface area contributed by atoms with E-state index in [-0.39, 0.29) is 24.2 Å². The van der Waals surface area contributed by atoms with E-state index in [2.05, 4.69) is 37.0 Å². The molecule has 15 heteroatoms. The molecule has 3 aromatic rings. The van der Waals surface area contributed by atoms with Gasteiger partial charge in [0.05, 0.1) is 25.0 Å². The lowest BCUT2D eigenvalue weighted by Crippen LogP contribution is -2.39. The molecule has 0 saturated carbocycles. The number of aromatic nitrogens is 5. The second-order valence-corrected chi connectivity index (χ2v) is 7.40. The zero-order valence-electron chi connectivity index (χ0n) is 17.9. The number of hydrogen-bond donors (Lipinski definition) is 1. The molecule has 0 spiro atoms. The first kappa shape index (κ1) is 24.4. The summed E-state index contributed by atoms with van der Waals surface area (Å²) in [4.78, 5) is 12.3. The van der Waals surface area contributed by atoms with Gasteiger partial charge in [0, 0.05) is 18.7 Å². The van der Waals surface area contributed by atoms with Crippen LogP contribution >= 0.6 is 0 Å². The van der Waals surface area contributed by atoms with Gasteiger partial charge in [-0.1, -0.05) is 12.1 Å². The molecule has 1 fully saturated rings. The molecule has 0 unspecified atom stereocenters. The Bertz CT molecular complexity index is 1210. The molecule has 1 N–H and O–H groups in total. The fraction of sp³-hybridized carbons (Fsp3) is 0.350. The zero-order chi connectivity index (χ0) is 25.2. The number of alkyl halides is 6. The quantitative estimate of drug-likeness (QED) is 0.334. The van der Waals surface area contributed by atoms with Crippen molar-refractivity contribution >= 4 is 18.5 Å². The first-order valence-corrected chi connectivity index (χ1v) is 10.2. The number of aromatic amines is 1. The van der Waals surface area contributed by atoms with Crippen molar-refractivity contribution < 1.29 is 31.1 Å². The number of rotatable bonds is 4. The molecule has 3 heterocycles. The number of ether oxygens (including phenoxy) is 1. The fourth-order valence-corrected chi connectivity index (χ4v) is 3.33. The molecule has 9 nitrogen and oxygen atoms in total. The highest BCUT2D eigenvalue weighted by Crippen LogP contribution is 2.37. The molecule has 1 aliphatic rings. The van der Waals surface area contributed by atoms with Crippen molar-refractivity contribution in [2.45, 2.75) is 18.9 Å². The normalized spacial score (nSPS) is 15.5. The standard InChI is InChI=1S/C20H18F6N8O/c1-27-18(33-6-8-35-9-7-33)30-17-14(20(24,25)26)10-28-34(17)11-15-29-16(32-31-15)12-2-4-13(5-3-12)19(21,22)23/h2-5,10H,1,6-9,11H2,(H,29,31,32)/b30-18+. The van der Waals surface area contributed by atoms with Gasteiger partial charge in [0.25, 0.3) is 0 Å². The minimum atomic E-state index is -4.73. The number of halogens is 6. The van der Waals surface area contributed by atoms with Gasteiger partial charge >= 0.3 is 12.4 Å². The Morgan fingerprint density at radius 3 is 2.31 bits per heavy atom. The zero-order valence-corrected chi connectivity index (χ0v) is 17.9. The van der Waals surface area contributed by atoms with Crippen molar-refractivity contribution in [1.29, 1.82) is 0 Å². The average molecular weight is 500 g/mol. The predicted molar refractivity (Wildman–Crippen MR) is 112 cm³/mol. The van der Waals surface area contributed by atoms with Gasteiger partial charge in [0.1, 0.15) is 12.1 Å². The highest BCUT2D eigenvalue weighted by molar-refractivity contribution is 5.86. The molecule has 186 valence electrons. The highest BCUT2D eigenvalue weighted by atomic mass is 19.4. The summed E-state index contributed by atoms with van der Waals surface area (Å²) in [5.74, 6) is -0.251. The van der Waals surface area contributed by atoms with Gasteiger partial charge in [-0.05, 0) is 18.9 Å². The number of H-pyrrole nitrogens is 1. The molecule has 2 aromatic heterocycles. The van der Waals surface area contributed by atoms with Crippen LogP contribution in [0.2, 0.25) is 0 Å². The minimum absolute atomic E-state index is 0.0106. The van der Waals surface area contributed by atoms with Crippen LogP contribution in [0.4, 0.5) is 32.2 Å². The van der Waals surface area contributed by atoms with Gasteiger partial charge in [-0.25, -0.2) is 9.67 Å². The molecule has 4 rings (SSSR count). The van der Waals surface area contributed by atoms with Gasteiger partial charge in [0.2, 0.25) is 5.96 Å². The van der Waals surface area contributed by atoms with Crippen molar-refractivity contribution in [3.8, 4) is 11.4 Å². The van der Waals surface area contributed by atoms with Crippen LogP contribution in [0, 0.1) is 0 Å². The largest absolute Gasteiger partial charge is 0.421 e. The second-order valence-electron chi connectivity index (χ2n) is 7.40. The molecule has 1 saturated heterocycles. The van der Waals surface area contributed by atoms with Crippen molar-refractivity contribution in [2.24, 2.45) is 9.98 Å². The Labute approximate surface area is 194 Å². The van der Waals surface area contributed by atoms with E-state index in [4.69, 9.17) is 4.74 Å². The summed E-state index contributed by atoms with van der Waals surface area (Å²) in [6.07, 6.45) is -8.58. The Kier molecular flexibility index (Phi) is 6.60. The summed E-state index contributed by atoms with van der Waals surface area (Å²) in [5, 5.41) is 11.6. The first-order valence-electron chi connectivity index (χ1n) is 10.2. The summed E-state index contributed by atoms with van der Waals surface area (Å²) in [6.45, 7) is 4.63. The van der Waals surface area contributed by atoms with Gasteiger partial charge in [-0.3, -0.25) is 0 Å². The summed E-state index contributed by atoms with van der Waals surface area (Å²) in [7, 11) is 0. The Morgan fingerprint density at radius 1 is 1.03 bits per heavy atom. The van der Waals surface area contributed by atoms with Crippen LogP contribution in [-0.4, -0.2) is 68.8 Å². The van der Waals surface area contributed by atoms with Crippen LogP contribution < -0.4 is 0 Å². The third kappa shape index (κ3) is 5.50. The van der Waals surface area contributed by atoms with Gasteiger partial charge in [-0.15, -0.1) is 10.2 Å². The van der Waals surface area contributed by atoms with E-state index in [9.17, 15) is 26.3 Å². The van der Waals surface area contributed by atoms with Crippen LogP contribution in [0.25, 0.3) is 11.4 Å². The lowest BCUT2D eigenvalue weighted by Gasteiger charge is -2.27.